The number of hydrogen-bond acceptors (Lipinski definition) is 3. The van der Waals surface area contributed by atoms with E-state index >= 15 is 0 Å². The van der Waals surface area contributed by atoms with Crippen LogP contribution in [0, 0.1) is 0 Å². The van der Waals surface area contributed by atoms with E-state index in [0.29, 0.717) is 0 Å². The summed E-state index contributed by atoms with van der Waals surface area (Å²) in [5.41, 5.74) is 0.680. The minimum Gasteiger partial charge on any atom is -0.386 e. The van der Waals surface area contributed by atoms with E-state index in [2.05, 4.69) is 23.8 Å². The first-order valence-corrected chi connectivity index (χ1v) is 6.93. The first kappa shape index (κ1) is 13.6. The molecular formula is C14H25N3O. The molecule has 18 heavy (non-hydrogen) atoms. The Balaban J connectivity index is 2.13. The van der Waals surface area contributed by atoms with Crippen molar-refractivity contribution in [2.45, 2.75) is 51.2 Å². The van der Waals surface area contributed by atoms with E-state index in [-0.39, 0.29) is 5.54 Å². The maximum atomic E-state index is 10.6. The van der Waals surface area contributed by atoms with Crippen molar-refractivity contribution in [3.8, 4) is 0 Å². The molecule has 1 aliphatic rings. The molecule has 2 rings (SSSR count). The highest BCUT2D eigenvalue weighted by Crippen LogP contribution is 2.32. The fourth-order valence-electron chi connectivity index (χ4n) is 2.81. The predicted molar refractivity (Wildman–Crippen MR) is 72.3 cm³/mol. The molecule has 0 bridgehead atoms. The second-order valence-corrected chi connectivity index (χ2v) is 5.90. The predicted octanol–water partition coefficient (Wildman–Crippen LogP) is 2.11. The van der Waals surface area contributed by atoms with Crippen LogP contribution in [0.15, 0.2) is 12.4 Å². The highest BCUT2D eigenvalue weighted by molar-refractivity contribution is 5.13. The van der Waals surface area contributed by atoms with Crippen LogP contribution in [0.4, 0.5) is 0 Å². The standard InChI is InChI=1S/C14H25N3O/c1-14(2,17-8-6-4-5-7-9-17)13(18)12-10-15-16(3)11-12/h10-11,13,18H,4-9H2,1-3H3. The van der Waals surface area contributed by atoms with Gasteiger partial charge in [-0.25, -0.2) is 0 Å². The fraction of sp³-hybridized carbons (Fsp3) is 0.786. The first-order valence-electron chi connectivity index (χ1n) is 6.93. The number of likely N-dealkylation sites (tertiary alicyclic amines) is 1. The zero-order valence-electron chi connectivity index (χ0n) is 11.8. The molecule has 1 unspecified atom stereocenters. The van der Waals surface area contributed by atoms with Gasteiger partial charge in [0, 0.05) is 24.3 Å². The van der Waals surface area contributed by atoms with E-state index in [1.54, 1.807) is 10.9 Å². The number of aliphatic hydroxyl groups is 1. The normalized spacial score (nSPS) is 20.7. The average Bonchev–Trinajstić information content (AvgIpc) is 2.61. The van der Waals surface area contributed by atoms with Crippen LogP contribution in [0.2, 0.25) is 0 Å². The van der Waals surface area contributed by atoms with Crippen LogP contribution in [0.25, 0.3) is 0 Å². The lowest BCUT2D eigenvalue weighted by Gasteiger charge is -2.41. The number of aliphatic hydroxyl groups excluding tert-OH is 1. The molecule has 4 heteroatoms. The van der Waals surface area contributed by atoms with Gasteiger partial charge in [-0.1, -0.05) is 12.8 Å². The molecule has 1 atom stereocenters. The molecule has 1 N–H and O–H groups in total. The lowest BCUT2D eigenvalue weighted by atomic mass is 9.90. The summed E-state index contributed by atoms with van der Waals surface area (Å²) in [7, 11) is 1.88. The fourth-order valence-corrected chi connectivity index (χ4v) is 2.81. The summed E-state index contributed by atoms with van der Waals surface area (Å²) in [5.74, 6) is 0. The topological polar surface area (TPSA) is 41.3 Å². The lowest BCUT2D eigenvalue weighted by molar-refractivity contribution is -0.0100. The van der Waals surface area contributed by atoms with Gasteiger partial charge in [0.05, 0.1) is 12.3 Å². The Labute approximate surface area is 110 Å². The van der Waals surface area contributed by atoms with E-state index in [9.17, 15) is 5.11 Å². The molecule has 0 spiro atoms. The van der Waals surface area contributed by atoms with E-state index in [1.807, 2.05) is 13.2 Å². The largest absolute Gasteiger partial charge is 0.386 e. The third-order valence-corrected chi connectivity index (χ3v) is 4.13. The molecule has 2 heterocycles. The summed E-state index contributed by atoms with van der Waals surface area (Å²) in [6.45, 7) is 6.45. The van der Waals surface area contributed by atoms with Crippen molar-refractivity contribution in [3.63, 3.8) is 0 Å². The molecule has 0 aromatic carbocycles. The molecule has 102 valence electrons. The van der Waals surface area contributed by atoms with Crippen LogP contribution in [0.5, 0.6) is 0 Å². The molecule has 1 fully saturated rings. The van der Waals surface area contributed by atoms with Crippen molar-refractivity contribution in [3.05, 3.63) is 18.0 Å². The third-order valence-electron chi connectivity index (χ3n) is 4.13. The van der Waals surface area contributed by atoms with Crippen LogP contribution in [0.3, 0.4) is 0 Å². The zero-order valence-corrected chi connectivity index (χ0v) is 11.8. The van der Waals surface area contributed by atoms with Crippen molar-refractivity contribution < 1.29 is 5.11 Å². The van der Waals surface area contributed by atoms with Gasteiger partial charge in [0.15, 0.2) is 0 Å². The zero-order chi connectivity index (χ0) is 13.2. The van der Waals surface area contributed by atoms with Gasteiger partial charge in [0.25, 0.3) is 0 Å². The number of aromatic nitrogens is 2. The Morgan fingerprint density at radius 1 is 1.22 bits per heavy atom. The Morgan fingerprint density at radius 2 is 1.83 bits per heavy atom. The van der Waals surface area contributed by atoms with Gasteiger partial charge >= 0.3 is 0 Å². The molecular weight excluding hydrogens is 226 g/mol. The number of nitrogens with zero attached hydrogens (tertiary/aromatic N) is 3. The van der Waals surface area contributed by atoms with Crippen LogP contribution in [-0.2, 0) is 7.05 Å². The maximum Gasteiger partial charge on any atom is 0.0998 e. The summed E-state index contributed by atoms with van der Waals surface area (Å²) < 4.78 is 1.75. The summed E-state index contributed by atoms with van der Waals surface area (Å²) >= 11 is 0. The van der Waals surface area contributed by atoms with Crippen molar-refractivity contribution in [1.82, 2.24) is 14.7 Å². The summed E-state index contributed by atoms with van der Waals surface area (Å²) in [4.78, 5) is 2.43. The van der Waals surface area contributed by atoms with Gasteiger partial charge in [-0.3, -0.25) is 9.58 Å². The number of aryl methyl sites for hydroxylation is 1. The second kappa shape index (κ2) is 5.41. The van der Waals surface area contributed by atoms with Gasteiger partial charge in [0.2, 0.25) is 0 Å². The molecule has 0 amide bonds. The minimum absolute atomic E-state index is 0.229. The number of rotatable bonds is 3. The second-order valence-electron chi connectivity index (χ2n) is 5.90. The van der Waals surface area contributed by atoms with Gasteiger partial charge in [-0.05, 0) is 39.8 Å². The van der Waals surface area contributed by atoms with E-state index in [4.69, 9.17) is 0 Å². The maximum absolute atomic E-state index is 10.6. The van der Waals surface area contributed by atoms with Crippen LogP contribution < -0.4 is 0 Å². The van der Waals surface area contributed by atoms with Crippen molar-refractivity contribution in [2.24, 2.45) is 7.05 Å². The van der Waals surface area contributed by atoms with Crippen LogP contribution in [-0.4, -0.2) is 38.4 Å². The van der Waals surface area contributed by atoms with Crippen molar-refractivity contribution in [1.29, 1.82) is 0 Å². The van der Waals surface area contributed by atoms with Crippen LogP contribution in [0.1, 0.15) is 51.2 Å². The van der Waals surface area contributed by atoms with Gasteiger partial charge in [-0.2, -0.15) is 5.10 Å². The van der Waals surface area contributed by atoms with E-state index in [1.165, 1.54) is 25.7 Å². The average molecular weight is 251 g/mol. The van der Waals surface area contributed by atoms with E-state index < -0.39 is 6.10 Å². The third kappa shape index (κ3) is 2.75. The highest BCUT2D eigenvalue weighted by Gasteiger charge is 2.35. The smallest absolute Gasteiger partial charge is 0.0998 e. The molecule has 1 aromatic heterocycles. The quantitative estimate of drug-likeness (QED) is 0.894. The Morgan fingerprint density at radius 3 is 2.33 bits per heavy atom. The summed E-state index contributed by atoms with van der Waals surface area (Å²) in [6, 6.07) is 0. The number of hydrogen-bond donors (Lipinski definition) is 1. The first-order chi connectivity index (χ1) is 8.51. The summed E-state index contributed by atoms with van der Waals surface area (Å²) in [6.07, 6.45) is 8.30. The summed E-state index contributed by atoms with van der Waals surface area (Å²) in [5, 5.41) is 14.8. The van der Waals surface area contributed by atoms with Gasteiger partial charge in [0.1, 0.15) is 0 Å². The van der Waals surface area contributed by atoms with Crippen LogP contribution >= 0.6 is 0 Å². The Kier molecular flexibility index (Phi) is 4.07. The SMILES string of the molecule is Cn1cc(C(O)C(C)(C)N2CCCCCC2)cn1. The van der Waals surface area contributed by atoms with Crippen molar-refractivity contribution in [2.75, 3.05) is 13.1 Å². The molecule has 0 aliphatic carbocycles. The van der Waals surface area contributed by atoms with Gasteiger partial charge in [-0.15, -0.1) is 0 Å². The van der Waals surface area contributed by atoms with E-state index in [0.717, 1.165) is 18.7 Å². The molecule has 1 aliphatic heterocycles. The molecule has 4 nitrogen and oxygen atoms in total. The van der Waals surface area contributed by atoms with Gasteiger partial charge < -0.3 is 5.11 Å². The lowest BCUT2D eigenvalue weighted by Crippen LogP contribution is -2.48. The van der Waals surface area contributed by atoms with Crippen molar-refractivity contribution >= 4 is 0 Å². The molecule has 1 aromatic rings. The monoisotopic (exact) mass is 251 g/mol. The highest BCUT2D eigenvalue weighted by atomic mass is 16.3. The Bertz CT molecular complexity index is 378. The molecule has 1 saturated heterocycles. The Hall–Kier alpha value is -0.870. The molecule has 0 radical (unpaired) electrons. The minimum atomic E-state index is -0.482. The molecule has 0 saturated carbocycles.